The fourth-order valence-electron chi connectivity index (χ4n) is 8.32. The average Bonchev–Trinajstić information content (AvgIpc) is 2.92. The molecule has 0 spiro atoms. The Balaban J connectivity index is 1.48. The summed E-state index contributed by atoms with van der Waals surface area (Å²) in [5.74, 6) is 3.45. The van der Waals surface area contributed by atoms with Crippen LogP contribution in [0.1, 0.15) is 90.9 Å². The molecule has 0 aliphatic heterocycles. The van der Waals surface area contributed by atoms with E-state index in [-0.39, 0.29) is 6.10 Å². The molecule has 0 aromatic carbocycles. The lowest BCUT2D eigenvalue weighted by atomic mass is 9.44. The van der Waals surface area contributed by atoms with Crippen molar-refractivity contribution in [2.24, 2.45) is 40.4 Å². The standard InChI is InChI=1S/C23H38O3/c1-22-13-11-20-18(8-6-16-14-17(24)10-12-23(16,20)2)19(22)9-7-15(22)4-3-5-21(25)26/h15-20,24H,3-14H2,1-2H3,(H,25,26)/t15-,16+,17+,18-,19-,20-,22+,23-/m0/s1. The number of carbonyl (C=O) groups is 1. The van der Waals surface area contributed by atoms with Crippen molar-refractivity contribution in [2.75, 3.05) is 0 Å². The maximum Gasteiger partial charge on any atom is 0.303 e. The summed E-state index contributed by atoms with van der Waals surface area (Å²) < 4.78 is 0. The van der Waals surface area contributed by atoms with E-state index in [9.17, 15) is 9.90 Å². The predicted octanol–water partition coefficient (Wildman–Crippen LogP) is 5.26. The molecule has 0 saturated heterocycles. The normalized spacial score (nSPS) is 50.6. The van der Waals surface area contributed by atoms with Crippen molar-refractivity contribution in [3.05, 3.63) is 0 Å². The Labute approximate surface area is 158 Å². The van der Waals surface area contributed by atoms with Gasteiger partial charge in [0.25, 0.3) is 0 Å². The van der Waals surface area contributed by atoms with E-state index in [1.165, 1.54) is 44.9 Å². The first kappa shape index (κ1) is 18.8. The Morgan fingerprint density at radius 2 is 1.69 bits per heavy atom. The maximum atomic E-state index is 10.9. The van der Waals surface area contributed by atoms with E-state index >= 15 is 0 Å². The molecule has 3 heteroatoms. The van der Waals surface area contributed by atoms with Crippen molar-refractivity contribution in [1.82, 2.24) is 0 Å². The molecule has 3 nitrogen and oxygen atoms in total. The lowest BCUT2D eigenvalue weighted by Gasteiger charge is -2.61. The number of aliphatic hydroxyl groups excluding tert-OH is 1. The van der Waals surface area contributed by atoms with E-state index in [0.29, 0.717) is 17.3 Å². The van der Waals surface area contributed by atoms with Gasteiger partial charge in [0.15, 0.2) is 0 Å². The fourth-order valence-corrected chi connectivity index (χ4v) is 8.32. The van der Waals surface area contributed by atoms with Crippen LogP contribution in [0.2, 0.25) is 0 Å². The van der Waals surface area contributed by atoms with E-state index < -0.39 is 5.97 Å². The van der Waals surface area contributed by atoms with Crippen molar-refractivity contribution in [1.29, 1.82) is 0 Å². The van der Waals surface area contributed by atoms with Crippen LogP contribution in [0.3, 0.4) is 0 Å². The molecule has 0 aromatic rings. The lowest BCUT2D eigenvalue weighted by molar-refractivity contribution is -0.137. The van der Waals surface area contributed by atoms with Crippen LogP contribution in [0.15, 0.2) is 0 Å². The second-order valence-corrected chi connectivity index (χ2v) is 10.7. The Hall–Kier alpha value is -0.570. The van der Waals surface area contributed by atoms with Crippen molar-refractivity contribution in [3.63, 3.8) is 0 Å². The molecule has 26 heavy (non-hydrogen) atoms. The van der Waals surface area contributed by atoms with Crippen molar-refractivity contribution < 1.29 is 15.0 Å². The van der Waals surface area contributed by atoms with Gasteiger partial charge in [0, 0.05) is 6.42 Å². The molecule has 2 N–H and O–H groups in total. The molecule has 0 heterocycles. The van der Waals surface area contributed by atoms with Gasteiger partial charge < -0.3 is 10.2 Å². The molecule has 148 valence electrons. The number of hydrogen-bond donors (Lipinski definition) is 2. The third-order valence-electron chi connectivity index (χ3n) is 9.78. The van der Waals surface area contributed by atoms with Crippen LogP contribution < -0.4 is 0 Å². The quantitative estimate of drug-likeness (QED) is 0.717. The number of rotatable bonds is 4. The number of carboxylic acids is 1. The van der Waals surface area contributed by atoms with Gasteiger partial charge in [-0.1, -0.05) is 13.8 Å². The van der Waals surface area contributed by atoms with Gasteiger partial charge in [0.2, 0.25) is 0 Å². The summed E-state index contributed by atoms with van der Waals surface area (Å²) >= 11 is 0. The third-order valence-corrected chi connectivity index (χ3v) is 9.78. The minimum absolute atomic E-state index is 0.0522. The average molecular weight is 363 g/mol. The Morgan fingerprint density at radius 3 is 2.46 bits per heavy atom. The molecular weight excluding hydrogens is 324 g/mol. The van der Waals surface area contributed by atoms with E-state index in [1.807, 2.05) is 0 Å². The fraction of sp³-hybridized carbons (Fsp3) is 0.957. The Morgan fingerprint density at radius 1 is 0.962 bits per heavy atom. The van der Waals surface area contributed by atoms with E-state index in [2.05, 4.69) is 13.8 Å². The van der Waals surface area contributed by atoms with Crippen molar-refractivity contribution in [3.8, 4) is 0 Å². The topological polar surface area (TPSA) is 57.5 Å². The highest BCUT2D eigenvalue weighted by molar-refractivity contribution is 5.66. The molecular formula is C23H38O3. The van der Waals surface area contributed by atoms with E-state index in [0.717, 1.165) is 55.3 Å². The summed E-state index contributed by atoms with van der Waals surface area (Å²) in [5.41, 5.74) is 0.919. The van der Waals surface area contributed by atoms with Crippen LogP contribution in [0.25, 0.3) is 0 Å². The first-order chi connectivity index (χ1) is 12.3. The number of carboxylic acid groups (broad SMARTS) is 1. The van der Waals surface area contributed by atoms with Gasteiger partial charge in [0.05, 0.1) is 6.10 Å². The minimum Gasteiger partial charge on any atom is -0.481 e. The van der Waals surface area contributed by atoms with Gasteiger partial charge in [-0.15, -0.1) is 0 Å². The number of aliphatic hydroxyl groups is 1. The molecule has 4 fully saturated rings. The van der Waals surface area contributed by atoms with Gasteiger partial charge in [0.1, 0.15) is 0 Å². The van der Waals surface area contributed by atoms with Gasteiger partial charge in [-0.05, 0) is 111 Å². The maximum absolute atomic E-state index is 10.9. The zero-order chi connectivity index (χ0) is 18.5. The summed E-state index contributed by atoms with van der Waals surface area (Å²) in [7, 11) is 0. The summed E-state index contributed by atoms with van der Waals surface area (Å²) in [4.78, 5) is 10.9. The highest BCUT2D eigenvalue weighted by Gasteiger charge is 2.59. The van der Waals surface area contributed by atoms with E-state index in [4.69, 9.17) is 5.11 Å². The summed E-state index contributed by atoms with van der Waals surface area (Å²) in [6.45, 7) is 5.10. The third kappa shape index (κ3) is 2.93. The van der Waals surface area contributed by atoms with Gasteiger partial charge in [-0.25, -0.2) is 0 Å². The van der Waals surface area contributed by atoms with Crippen LogP contribution >= 0.6 is 0 Å². The van der Waals surface area contributed by atoms with Crippen LogP contribution in [0.4, 0.5) is 0 Å². The monoisotopic (exact) mass is 362 g/mol. The van der Waals surface area contributed by atoms with Gasteiger partial charge in [-0.2, -0.15) is 0 Å². The smallest absolute Gasteiger partial charge is 0.303 e. The molecule has 0 bridgehead atoms. The molecule has 8 atom stereocenters. The Kier molecular flexibility index (Phi) is 4.91. The number of aliphatic carboxylic acids is 1. The summed E-state index contributed by atoms with van der Waals surface area (Å²) in [6.07, 6.45) is 13.6. The molecule has 4 aliphatic carbocycles. The molecule has 4 rings (SSSR count). The highest BCUT2D eigenvalue weighted by atomic mass is 16.4. The van der Waals surface area contributed by atoms with Gasteiger partial charge >= 0.3 is 5.97 Å². The zero-order valence-electron chi connectivity index (χ0n) is 16.8. The molecule has 0 radical (unpaired) electrons. The minimum atomic E-state index is -0.640. The first-order valence-corrected chi connectivity index (χ1v) is 11.2. The van der Waals surface area contributed by atoms with Crippen LogP contribution in [-0.4, -0.2) is 22.3 Å². The van der Waals surface area contributed by atoms with Crippen molar-refractivity contribution in [2.45, 2.75) is 97.0 Å². The van der Waals surface area contributed by atoms with E-state index in [1.54, 1.807) is 0 Å². The first-order valence-electron chi connectivity index (χ1n) is 11.2. The van der Waals surface area contributed by atoms with Crippen LogP contribution in [0.5, 0.6) is 0 Å². The second kappa shape index (κ2) is 6.79. The lowest BCUT2D eigenvalue weighted by Crippen LogP contribution is -2.53. The number of fused-ring (bicyclic) bond motifs is 5. The number of hydrogen-bond acceptors (Lipinski definition) is 2. The molecule has 4 saturated carbocycles. The van der Waals surface area contributed by atoms with Gasteiger partial charge in [-0.3, -0.25) is 4.79 Å². The van der Waals surface area contributed by atoms with Crippen LogP contribution in [-0.2, 0) is 4.79 Å². The SMILES string of the molecule is C[C@]12CC[C@@H](O)C[C@H]1CC[C@@H]1[C@@H]2CC[C@]2(C)[C@@H](CCCC(=O)O)CC[C@@H]12. The second-order valence-electron chi connectivity index (χ2n) is 10.7. The summed E-state index contributed by atoms with van der Waals surface area (Å²) in [6, 6.07) is 0. The van der Waals surface area contributed by atoms with Crippen LogP contribution in [0, 0.1) is 40.4 Å². The Bertz CT molecular complexity index is 546. The van der Waals surface area contributed by atoms with Crippen molar-refractivity contribution >= 4 is 5.97 Å². The zero-order valence-corrected chi connectivity index (χ0v) is 16.8. The summed E-state index contributed by atoms with van der Waals surface area (Å²) in [5, 5.41) is 19.1. The largest absolute Gasteiger partial charge is 0.481 e. The predicted molar refractivity (Wildman–Crippen MR) is 103 cm³/mol. The molecule has 0 unspecified atom stereocenters. The molecule has 4 aliphatic rings. The molecule has 0 amide bonds. The highest BCUT2D eigenvalue weighted by Crippen LogP contribution is 2.67. The molecule has 0 aromatic heterocycles.